The van der Waals surface area contributed by atoms with E-state index in [0.717, 1.165) is 29.7 Å². The van der Waals surface area contributed by atoms with E-state index in [1.807, 2.05) is 32.0 Å². The van der Waals surface area contributed by atoms with Crippen LogP contribution in [0, 0.1) is 24.7 Å². The molecule has 0 aromatic heterocycles. The van der Waals surface area contributed by atoms with Crippen LogP contribution in [0.3, 0.4) is 0 Å². The highest BCUT2D eigenvalue weighted by atomic mass is 16.5. The molecule has 2 unspecified atom stereocenters. The van der Waals surface area contributed by atoms with Crippen molar-refractivity contribution >= 4 is 11.6 Å². The van der Waals surface area contributed by atoms with E-state index in [2.05, 4.69) is 17.2 Å². The van der Waals surface area contributed by atoms with Crippen LogP contribution in [-0.4, -0.2) is 30.3 Å². The highest BCUT2D eigenvalue weighted by molar-refractivity contribution is 5.93. The van der Waals surface area contributed by atoms with Crippen molar-refractivity contribution in [2.45, 2.75) is 32.8 Å². The Labute approximate surface area is 125 Å². The number of anilines is 1. The molecular formula is C17H21NO3. The molecule has 1 aromatic rings. The summed E-state index contributed by atoms with van der Waals surface area (Å²) in [7, 11) is 0. The zero-order chi connectivity index (χ0) is 15.2. The molecule has 2 N–H and O–H groups in total. The van der Waals surface area contributed by atoms with E-state index in [4.69, 9.17) is 9.84 Å². The Bertz CT molecular complexity index is 571. The Hall–Kier alpha value is -1.83. The van der Waals surface area contributed by atoms with E-state index < -0.39 is 0 Å². The smallest absolute Gasteiger partial charge is 0.230 e. The molecule has 1 amide bonds. The normalized spacial score (nSPS) is 20.7. The third-order valence-electron chi connectivity index (χ3n) is 3.76. The van der Waals surface area contributed by atoms with E-state index in [-0.39, 0.29) is 24.5 Å². The number of ether oxygens (including phenoxy) is 1. The Kier molecular flexibility index (Phi) is 5.38. The van der Waals surface area contributed by atoms with Gasteiger partial charge in [-0.25, -0.2) is 0 Å². The summed E-state index contributed by atoms with van der Waals surface area (Å²) in [5.41, 5.74) is 2.57. The van der Waals surface area contributed by atoms with Crippen molar-refractivity contribution in [3.63, 3.8) is 0 Å². The third kappa shape index (κ3) is 3.84. The second-order valence-corrected chi connectivity index (χ2v) is 5.19. The zero-order valence-corrected chi connectivity index (χ0v) is 12.5. The van der Waals surface area contributed by atoms with Crippen LogP contribution in [0.2, 0.25) is 0 Å². The van der Waals surface area contributed by atoms with Crippen molar-refractivity contribution in [3.8, 4) is 11.8 Å². The maximum absolute atomic E-state index is 12.3. The summed E-state index contributed by atoms with van der Waals surface area (Å²) in [6, 6.07) is 5.63. The van der Waals surface area contributed by atoms with Crippen LogP contribution in [0.25, 0.3) is 0 Å². The van der Waals surface area contributed by atoms with Crippen LogP contribution in [0.15, 0.2) is 18.2 Å². The van der Waals surface area contributed by atoms with Crippen molar-refractivity contribution in [2.24, 2.45) is 5.92 Å². The number of carbonyl (C=O) groups excluding carboxylic acids is 1. The molecule has 1 saturated heterocycles. The molecule has 0 bridgehead atoms. The lowest BCUT2D eigenvalue weighted by Crippen LogP contribution is -2.29. The molecule has 0 aliphatic carbocycles. The van der Waals surface area contributed by atoms with Gasteiger partial charge >= 0.3 is 0 Å². The lowest BCUT2D eigenvalue weighted by Gasteiger charge is -2.16. The number of aryl methyl sites for hydroxylation is 1. The van der Waals surface area contributed by atoms with Gasteiger partial charge in [0.25, 0.3) is 0 Å². The number of hydrogen-bond donors (Lipinski definition) is 2. The van der Waals surface area contributed by atoms with Gasteiger partial charge in [0.2, 0.25) is 5.91 Å². The maximum atomic E-state index is 12.3. The predicted molar refractivity (Wildman–Crippen MR) is 81.9 cm³/mol. The highest BCUT2D eigenvalue weighted by Crippen LogP contribution is 2.25. The molecule has 4 heteroatoms. The zero-order valence-electron chi connectivity index (χ0n) is 12.5. The second kappa shape index (κ2) is 7.26. The first-order valence-corrected chi connectivity index (χ1v) is 7.28. The fourth-order valence-corrected chi connectivity index (χ4v) is 2.55. The molecule has 1 fully saturated rings. The van der Waals surface area contributed by atoms with Crippen molar-refractivity contribution in [1.29, 1.82) is 0 Å². The lowest BCUT2D eigenvalue weighted by atomic mass is 9.98. The third-order valence-corrected chi connectivity index (χ3v) is 3.76. The number of aliphatic hydroxyl groups is 1. The van der Waals surface area contributed by atoms with Gasteiger partial charge in [-0.05, 0) is 37.5 Å². The summed E-state index contributed by atoms with van der Waals surface area (Å²) in [6.07, 6.45) is 1.64. The SMILES string of the molecule is CCC1OCCC1C(=O)Nc1ccc(C)c(C#CCO)c1. The monoisotopic (exact) mass is 287 g/mol. The van der Waals surface area contributed by atoms with Gasteiger partial charge in [-0.1, -0.05) is 24.8 Å². The summed E-state index contributed by atoms with van der Waals surface area (Å²) < 4.78 is 5.56. The molecular weight excluding hydrogens is 266 g/mol. The minimum Gasteiger partial charge on any atom is -0.384 e. The van der Waals surface area contributed by atoms with Gasteiger partial charge in [0.15, 0.2) is 0 Å². The number of aliphatic hydroxyl groups excluding tert-OH is 1. The van der Waals surface area contributed by atoms with E-state index in [1.54, 1.807) is 0 Å². The number of nitrogens with one attached hydrogen (secondary N) is 1. The average Bonchev–Trinajstić information content (AvgIpc) is 2.96. The van der Waals surface area contributed by atoms with Crippen molar-refractivity contribution in [2.75, 3.05) is 18.5 Å². The summed E-state index contributed by atoms with van der Waals surface area (Å²) in [5, 5.41) is 11.7. The lowest BCUT2D eigenvalue weighted by molar-refractivity contribution is -0.121. The number of amides is 1. The fraction of sp³-hybridized carbons (Fsp3) is 0.471. The predicted octanol–water partition coefficient (Wildman–Crippen LogP) is 2.09. The van der Waals surface area contributed by atoms with E-state index in [1.165, 1.54) is 0 Å². The molecule has 1 aromatic carbocycles. The molecule has 2 rings (SSSR count). The average molecular weight is 287 g/mol. The molecule has 0 spiro atoms. The van der Waals surface area contributed by atoms with Gasteiger partial charge in [-0.2, -0.15) is 0 Å². The molecule has 21 heavy (non-hydrogen) atoms. The largest absolute Gasteiger partial charge is 0.384 e. The molecule has 2 atom stereocenters. The highest BCUT2D eigenvalue weighted by Gasteiger charge is 2.32. The number of rotatable bonds is 3. The molecule has 1 heterocycles. The van der Waals surface area contributed by atoms with Crippen molar-refractivity contribution in [1.82, 2.24) is 0 Å². The van der Waals surface area contributed by atoms with Gasteiger partial charge in [0.05, 0.1) is 12.0 Å². The quantitative estimate of drug-likeness (QED) is 0.837. The fourth-order valence-electron chi connectivity index (χ4n) is 2.55. The minimum absolute atomic E-state index is 0.00395. The van der Waals surface area contributed by atoms with Crippen LogP contribution < -0.4 is 5.32 Å². The van der Waals surface area contributed by atoms with E-state index in [0.29, 0.717) is 6.61 Å². The van der Waals surface area contributed by atoms with Crippen LogP contribution in [0.4, 0.5) is 5.69 Å². The molecule has 112 valence electrons. The Morgan fingerprint density at radius 3 is 3.05 bits per heavy atom. The van der Waals surface area contributed by atoms with Gasteiger partial charge < -0.3 is 15.2 Å². The van der Waals surface area contributed by atoms with E-state index >= 15 is 0 Å². The van der Waals surface area contributed by atoms with Crippen molar-refractivity contribution in [3.05, 3.63) is 29.3 Å². The minimum atomic E-state index is -0.173. The van der Waals surface area contributed by atoms with Gasteiger partial charge in [0.1, 0.15) is 6.61 Å². The Morgan fingerprint density at radius 1 is 1.52 bits per heavy atom. The first kappa shape index (κ1) is 15.6. The summed E-state index contributed by atoms with van der Waals surface area (Å²) in [5.74, 6) is 5.44. The Balaban J connectivity index is 2.10. The Morgan fingerprint density at radius 2 is 2.33 bits per heavy atom. The second-order valence-electron chi connectivity index (χ2n) is 5.19. The first-order valence-electron chi connectivity index (χ1n) is 7.28. The van der Waals surface area contributed by atoms with Crippen LogP contribution in [0.1, 0.15) is 30.9 Å². The van der Waals surface area contributed by atoms with Crippen LogP contribution >= 0.6 is 0 Å². The molecule has 4 nitrogen and oxygen atoms in total. The summed E-state index contributed by atoms with van der Waals surface area (Å²) in [4.78, 5) is 12.3. The number of carbonyl (C=O) groups is 1. The number of hydrogen-bond acceptors (Lipinski definition) is 3. The maximum Gasteiger partial charge on any atom is 0.230 e. The van der Waals surface area contributed by atoms with Gasteiger partial charge in [-0.15, -0.1) is 0 Å². The van der Waals surface area contributed by atoms with Crippen LogP contribution in [-0.2, 0) is 9.53 Å². The van der Waals surface area contributed by atoms with Crippen LogP contribution in [0.5, 0.6) is 0 Å². The molecule has 1 aliphatic rings. The number of benzene rings is 1. The van der Waals surface area contributed by atoms with Crippen molar-refractivity contribution < 1.29 is 14.6 Å². The summed E-state index contributed by atoms with van der Waals surface area (Å²) in [6.45, 7) is 4.46. The molecule has 1 aliphatic heterocycles. The topological polar surface area (TPSA) is 58.6 Å². The summed E-state index contributed by atoms with van der Waals surface area (Å²) >= 11 is 0. The van der Waals surface area contributed by atoms with Gasteiger partial charge in [0, 0.05) is 17.9 Å². The standard InChI is InChI=1S/C17H21NO3/c1-3-16-15(8-10-21-16)17(20)18-14-7-6-12(2)13(11-14)5-4-9-19/h6-7,11,15-16,19H,3,8-10H2,1-2H3,(H,18,20). The molecule has 0 radical (unpaired) electrons. The first-order chi connectivity index (χ1) is 10.2. The molecule has 0 saturated carbocycles. The van der Waals surface area contributed by atoms with E-state index in [9.17, 15) is 4.79 Å². The van der Waals surface area contributed by atoms with Gasteiger partial charge in [-0.3, -0.25) is 4.79 Å².